The second kappa shape index (κ2) is 6.85. The van der Waals surface area contributed by atoms with Gasteiger partial charge in [0.1, 0.15) is 11.9 Å². The molecule has 0 aromatic carbocycles. The molecule has 116 valence electrons. The summed E-state index contributed by atoms with van der Waals surface area (Å²) in [6, 6.07) is 0.662. The average molecular weight is 296 g/mol. The van der Waals surface area contributed by atoms with Gasteiger partial charge < -0.3 is 15.1 Å². The molecule has 1 aliphatic rings. The minimum Gasteiger partial charge on any atom is -0.465 e. The Labute approximate surface area is 123 Å². The maximum absolute atomic E-state index is 13.2. The summed E-state index contributed by atoms with van der Waals surface area (Å²) in [5, 5.41) is 19.8. The van der Waals surface area contributed by atoms with Gasteiger partial charge in [-0.2, -0.15) is 0 Å². The van der Waals surface area contributed by atoms with Crippen LogP contribution in [0.4, 0.5) is 9.18 Å². The van der Waals surface area contributed by atoms with Crippen LogP contribution in [0.3, 0.4) is 0 Å². The number of rotatable bonds is 4. The Bertz CT molecular complexity index is 498. The molecule has 21 heavy (non-hydrogen) atoms. The van der Waals surface area contributed by atoms with E-state index in [1.165, 1.54) is 17.2 Å². The van der Waals surface area contributed by atoms with Crippen molar-refractivity contribution in [3.63, 3.8) is 0 Å². The highest BCUT2D eigenvalue weighted by Gasteiger charge is 2.36. The Hall–Kier alpha value is -1.69. The molecule has 3 atom stereocenters. The first-order chi connectivity index (χ1) is 10.0. The topological polar surface area (TPSA) is 73.7 Å². The molecule has 2 N–H and O–H groups in total. The van der Waals surface area contributed by atoms with Crippen molar-refractivity contribution in [1.82, 2.24) is 9.88 Å². The Kier molecular flexibility index (Phi) is 5.12. The number of aliphatic hydroxyl groups is 1. The fraction of sp³-hybridized carbons (Fsp3) is 0.600. The van der Waals surface area contributed by atoms with Gasteiger partial charge in [-0.3, -0.25) is 4.98 Å². The maximum Gasteiger partial charge on any atom is 0.407 e. The van der Waals surface area contributed by atoms with Crippen LogP contribution in [0.1, 0.15) is 44.3 Å². The fourth-order valence-corrected chi connectivity index (χ4v) is 3.07. The molecule has 0 saturated carbocycles. The molecular formula is C15H21FN2O3. The molecule has 1 aromatic heterocycles. The summed E-state index contributed by atoms with van der Waals surface area (Å²) in [6.45, 7) is 2.50. The van der Waals surface area contributed by atoms with Gasteiger partial charge in [-0.05, 0) is 31.2 Å². The predicted molar refractivity (Wildman–Crippen MR) is 75.3 cm³/mol. The third-order valence-corrected chi connectivity index (χ3v) is 4.10. The molecule has 0 aliphatic carbocycles. The quantitative estimate of drug-likeness (QED) is 0.896. The minimum atomic E-state index is -1.05. The smallest absolute Gasteiger partial charge is 0.407 e. The normalized spacial score (nSPS) is 23.9. The third kappa shape index (κ3) is 3.69. The number of hydrogen-bond donors (Lipinski definition) is 2. The van der Waals surface area contributed by atoms with Crippen molar-refractivity contribution >= 4 is 6.09 Å². The standard InChI is InChI=1S/C15H21FN2O3/c1-2-3-10-4-5-13(18(9-10)15(20)21)14(19)11-6-12(16)8-17-7-11/h6-8,10,13-14,19H,2-5,9H2,1H3,(H,20,21)/t10-,13-,14-/m1/s1. The van der Waals surface area contributed by atoms with Gasteiger partial charge in [0.25, 0.3) is 0 Å². The first-order valence-corrected chi connectivity index (χ1v) is 7.31. The van der Waals surface area contributed by atoms with Crippen LogP contribution < -0.4 is 0 Å². The third-order valence-electron chi connectivity index (χ3n) is 4.10. The first kappa shape index (κ1) is 15.7. The zero-order valence-corrected chi connectivity index (χ0v) is 12.1. The number of aliphatic hydroxyl groups excluding tert-OH is 1. The van der Waals surface area contributed by atoms with Crippen molar-refractivity contribution < 1.29 is 19.4 Å². The second-order valence-corrected chi connectivity index (χ2v) is 5.62. The van der Waals surface area contributed by atoms with Gasteiger partial charge >= 0.3 is 6.09 Å². The SMILES string of the molecule is CCC[C@@H]1CC[C@H]([C@H](O)c2cncc(F)c2)N(C(=O)O)C1. The summed E-state index contributed by atoms with van der Waals surface area (Å²) in [7, 11) is 0. The van der Waals surface area contributed by atoms with Gasteiger partial charge in [0.05, 0.1) is 12.2 Å². The zero-order valence-electron chi connectivity index (χ0n) is 12.1. The highest BCUT2D eigenvalue weighted by Crippen LogP contribution is 2.32. The number of amides is 1. The number of halogens is 1. The van der Waals surface area contributed by atoms with Crippen LogP contribution >= 0.6 is 0 Å². The molecule has 2 rings (SSSR count). The second-order valence-electron chi connectivity index (χ2n) is 5.62. The Morgan fingerprint density at radius 2 is 2.29 bits per heavy atom. The number of piperidine rings is 1. The summed E-state index contributed by atoms with van der Waals surface area (Å²) < 4.78 is 13.2. The van der Waals surface area contributed by atoms with Crippen LogP contribution in [0.2, 0.25) is 0 Å². The summed E-state index contributed by atoms with van der Waals surface area (Å²) in [4.78, 5) is 16.4. The van der Waals surface area contributed by atoms with E-state index in [0.29, 0.717) is 24.4 Å². The highest BCUT2D eigenvalue weighted by atomic mass is 19.1. The maximum atomic E-state index is 13.2. The van der Waals surface area contributed by atoms with E-state index in [9.17, 15) is 19.4 Å². The molecule has 0 radical (unpaired) electrons. The molecule has 2 heterocycles. The Morgan fingerprint density at radius 3 is 2.90 bits per heavy atom. The molecule has 6 heteroatoms. The Balaban J connectivity index is 2.15. The lowest BCUT2D eigenvalue weighted by molar-refractivity contribution is 0.0124. The van der Waals surface area contributed by atoms with E-state index in [0.717, 1.165) is 25.5 Å². The van der Waals surface area contributed by atoms with E-state index in [1.54, 1.807) is 0 Å². The van der Waals surface area contributed by atoms with Gasteiger partial charge in [-0.1, -0.05) is 13.3 Å². The highest BCUT2D eigenvalue weighted by molar-refractivity contribution is 5.65. The van der Waals surface area contributed by atoms with Crippen LogP contribution in [0.15, 0.2) is 18.5 Å². The average Bonchev–Trinajstić information content (AvgIpc) is 2.46. The van der Waals surface area contributed by atoms with Gasteiger partial charge in [-0.15, -0.1) is 0 Å². The molecular weight excluding hydrogens is 275 g/mol. The zero-order chi connectivity index (χ0) is 15.4. The fourth-order valence-electron chi connectivity index (χ4n) is 3.07. The van der Waals surface area contributed by atoms with Gasteiger partial charge in [-0.25, -0.2) is 9.18 Å². The molecule has 0 bridgehead atoms. The van der Waals surface area contributed by atoms with E-state index in [2.05, 4.69) is 11.9 Å². The van der Waals surface area contributed by atoms with Gasteiger partial charge in [0, 0.05) is 18.3 Å². The predicted octanol–water partition coefficient (Wildman–Crippen LogP) is 2.81. The number of pyridine rings is 1. The lowest BCUT2D eigenvalue weighted by Gasteiger charge is -2.40. The van der Waals surface area contributed by atoms with Crippen LogP contribution in [0, 0.1) is 11.7 Å². The number of likely N-dealkylation sites (tertiary alicyclic amines) is 1. The number of aromatic nitrogens is 1. The lowest BCUT2D eigenvalue weighted by Crippen LogP contribution is -2.49. The largest absolute Gasteiger partial charge is 0.465 e. The van der Waals surface area contributed by atoms with Crippen LogP contribution in [0.5, 0.6) is 0 Å². The molecule has 1 aliphatic heterocycles. The molecule has 1 aromatic rings. The molecule has 1 amide bonds. The summed E-state index contributed by atoms with van der Waals surface area (Å²) >= 11 is 0. The Morgan fingerprint density at radius 1 is 1.52 bits per heavy atom. The van der Waals surface area contributed by atoms with Crippen molar-refractivity contribution in [2.75, 3.05) is 6.54 Å². The van der Waals surface area contributed by atoms with E-state index in [1.807, 2.05) is 0 Å². The molecule has 0 unspecified atom stereocenters. The van der Waals surface area contributed by atoms with E-state index >= 15 is 0 Å². The first-order valence-electron chi connectivity index (χ1n) is 7.31. The van der Waals surface area contributed by atoms with Crippen LogP contribution in [0.25, 0.3) is 0 Å². The lowest BCUT2D eigenvalue weighted by atomic mass is 9.86. The van der Waals surface area contributed by atoms with Crippen molar-refractivity contribution in [3.8, 4) is 0 Å². The molecule has 1 fully saturated rings. The molecule has 5 nitrogen and oxygen atoms in total. The summed E-state index contributed by atoms with van der Waals surface area (Å²) in [5.74, 6) is -0.201. The van der Waals surface area contributed by atoms with Crippen molar-refractivity contribution in [2.45, 2.75) is 44.8 Å². The van der Waals surface area contributed by atoms with Crippen molar-refractivity contribution in [2.24, 2.45) is 5.92 Å². The van der Waals surface area contributed by atoms with Gasteiger partial charge in [0.2, 0.25) is 0 Å². The molecule has 0 spiro atoms. The number of nitrogens with zero attached hydrogens (tertiary/aromatic N) is 2. The summed E-state index contributed by atoms with van der Waals surface area (Å²) in [5.41, 5.74) is 0.320. The summed E-state index contributed by atoms with van der Waals surface area (Å²) in [6.07, 6.45) is 3.80. The van der Waals surface area contributed by atoms with Crippen molar-refractivity contribution in [1.29, 1.82) is 0 Å². The van der Waals surface area contributed by atoms with E-state index < -0.39 is 24.1 Å². The minimum absolute atomic E-state index is 0.320. The van der Waals surface area contributed by atoms with Crippen LogP contribution in [-0.2, 0) is 0 Å². The van der Waals surface area contributed by atoms with Crippen molar-refractivity contribution in [3.05, 3.63) is 29.8 Å². The van der Waals surface area contributed by atoms with E-state index in [-0.39, 0.29) is 0 Å². The van der Waals surface area contributed by atoms with Crippen LogP contribution in [-0.4, -0.2) is 38.8 Å². The van der Waals surface area contributed by atoms with E-state index in [4.69, 9.17) is 0 Å². The van der Waals surface area contributed by atoms with Gasteiger partial charge in [0.15, 0.2) is 0 Å². The number of carbonyl (C=O) groups is 1. The number of hydrogen-bond acceptors (Lipinski definition) is 3. The molecule has 1 saturated heterocycles. The number of carboxylic acid groups (broad SMARTS) is 1. The monoisotopic (exact) mass is 296 g/mol.